The molecule has 1 aliphatic rings. The van der Waals surface area contributed by atoms with Gasteiger partial charge >= 0.3 is 0 Å². The predicted molar refractivity (Wildman–Crippen MR) is 123 cm³/mol. The van der Waals surface area contributed by atoms with Crippen molar-refractivity contribution in [2.24, 2.45) is 5.92 Å². The Kier molecular flexibility index (Phi) is 7.86. The van der Waals surface area contributed by atoms with Gasteiger partial charge in [0, 0.05) is 13.1 Å². The Bertz CT molecular complexity index is 1030. The molecule has 0 unspecified atom stereocenters. The molecule has 0 radical (unpaired) electrons. The predicted octanol–water partition coefficient (Wildman–Crippen LogP) is 4.42. The van der Waals surface area contributed by atoms with Gasteiger partial charge in [0.1, 0.15) is 5.75 Å². The zero-order chi connectivity index (χ0) is 22.6. The molecule has 31 heavy (non-hydrogen) atoms. The molecule has 2 atom stereocenters. The fraction of sp³-hybridized carbons (Fsp3) is 0.409. The minimum atomic E-state index is -3.58. The molecule has 0 aromatic heterocycles. The molecule has 6 nitrogen and oxygen atoms in total. The lowest BCUT2D eigenvalue weighted by Gasteiger charge is -2.32. The number of piperidine rings is 1. The Morgan fingerprint density at radius 3 is 2.55 bits per heavy atom. The monoisotopic (exact) mass is 484 g/mol. The lowest BCUT2D eigenvalue weighted by Crippen LogP contribution is -2.46. The molecule has 0 bridgehead atoms. The van der Waals surface area contributed by atoms with Crippen molar-refractivity contribution in [2.75, 3.05) is 20.2 Å². The van der Waals surface area contributed by atoms with Crippen LogP contribution in [0.2, 0.25) is 10.0 Å². The van der Waals surface area contributed by atoms with Crippen LogP contribution < -0.4 is 10.1 Å². The number of sulfonamides is 1. The minimum absolute atomic E-state index is 0.141. The van der Waals surface area contributed by atoms with Gasteiger partial charge in [0.25, 0.3) is 0 Å². The molecule has 1 saturated heterocycles. The summed E-state index contributed by atoms with van der Waals surface area (Å²) in [4.78, 5) is 12.8. The lowest BCUT2D eigenvalue weighted by atomic mass is 9.98. The van der Waals surface area contributed by atoms with Crippen LogP contribution in [-0.2, 0) is 20.6 Å². The van der Waals surface area contributed by atoms with Crippen LogP contribution in [-0.4, -0.2) is 38.8 Å². The van der Waals surface area contributed by atoms with Crippen LogP contribution in [0.25, 0.3) is 0 Å². The van der Waals surface area contributed by atoms with Gasteiger partial charge in [-0.3, -0.25) is 4.79 Å². The maximum Gasteiger partial charge on any atom is 0.224 e. The normalized spacial score (nSPS) is 18.4. The largest absolute Gasteiger partial charge is 0.497 e. The number of carbonyl (C=O) groups excluding carboxylic acids is 1. The summed E-state index contributed by atoms with van der Waals surface area (Å²) >= 11 is 11.9. The van der Waals surface area contributed by atoms with Crippen LogP contribution in [0.15, 0.2) is 42.5 Å². The van der Waals surface area contributed by atoms with E-state index in [1.807, 2.05) is 31.2 Å². The quantitative estimate of drug-likeness (QED) is 0.630. The molecule has 1 aliphatic heterocycles. The van der Waals surface area contributed by atoms with E-state index in [0.29, 0.717) is 35.0 Å². The van der Waals surface area contributed by atoms with E-state index >= 15 is 0 Å². The van der Waals surface area contributed by atoms with E-state index in [2.05, 4.69) is 5.32 Å². The fourth-order valence-electron chi connectivity index (χ4n) is 3.65. The number of benzene rings is 2. The van der Waals surface area contributed by atoms with Gasteiger partial charge in [0.2, 0.25) is 15.9 Å². The highest BCUT2D eigenvalue weighted by Gasteiger charge is 2.33. The Balaban J connectivity index is 1.62. The number of nitrogens with zero attached hydrogens (tertiary/aromatic N) is 1. The molecular weight excluding hydrogens is 459 g/mol. The maximum atomic E-state index is 12.9. The summed E-state index contributed by atoms with van der Waals surface area (Å²) in [5, 5.41) is 3.70. The molecule has 1 fully saturated rings. The zero-order valence-electron chi connectivity index (χ0n) is 17.5. The molecule has 168 valence electrons. The molecule has 0 saturated carbocycles. The standard InChI is InChI=1S/C22H26Cl2N2O4S/c1-15(17-6-8-19(30-2)9-7-17)25-22(27)18-4-3-11-26(13-18)31(28,29)14-16-5-10-20(23)21(24)12-16/h5-10,12,15,18H,3-4,11,13-14H2,1-2H3,(H,25,27)/t15-,18-/m0/s1. The molecule has 1 amide bonds. The minimum Gasteiger partial charge on any atom is -0.497 e. The Hall–Kier alpha value is -1.80. The van der Waals surface area contributed by atoms with E-state index in [9.17, 15) is 13.2 Å². The first-order valence-corrected chi connectivity index (χ1v) is 12.4. The maximum absolute atomic E-state index is 12.9. The van der Waals surface area contributed by atoms with E-state index in [1.165, 1.54) is 4.31 Å². The molecule has 1 heterocycles. The van der Waals surface area contributed by atoms with Gasteiger partial charge in [-0.2, -0.15) is 0 Å². The highest BCUT2D eigenvalue weighted by Crippen LogP contribution is 2.26. The van der Waals surface area contributed by atoms with Crippen LogP contribution in [0.5, 0.6) is 5.75 Å². The number of halogens is 2. The van der Waals surface area contributed by atoms with Gasteiger partial charge in [0.15, 0.2) is 0 Å². The van der Waals surface area contributed by atoms with E-state index in [-0.39, 0.29) is 24.2 Å². The number of hydrogen-bond donors (Lipinski definition) is 1. The van der Waals surface area contributed by atoms with Crippen molar-refractivity contribution in [3.05, 3.63) is 63.6 Å². The van der Waals surface area contributed by atoms with E-state index in [0.717, 1.165) is 11.3 Å². The molecule has 0 spiro atoms. The summed E-state index contributed by atoms with van der Waals surface area (Å²) < 4.78 is 32.4. The van der Waals surface area contributed by atoms with Gasteiger partial charge in [-0.15, -0.1) is 0 Å². The number of carbonyl (C=O) groups is 1. The van der Waals surface area contributed by atoms with Crippen LogP contribution in [0.4, 0.5) is 0 Å². The Labute approximate surface area is 193 Å². The van der Waals surface area contributed by atoms with Crippen LogP contribution in [0.3, 0.4) is 0 Å². The van der Waals surface area contributed by atoms with Crippen LogP contribution >= 0.6 is 23.2 Å². The number of rotatable bonds is 7. The van der Waals surface area contributed by atoms with Crippen molar-refractivity contribution in [1.29, 1.82) is 0 Å². The molecular formula is C22H26Cl2N2O4S. The molecule has 3 rings (SSSR count). The van der Waals surface area contributed by atoms with Crippen molar-refractivity contribution in [3.63, 3.8) is 0 Å². The third kappa shape index (κ3) is 6.13. The molecule has 9 heteroatoms. The smallest absolute Gasteiger partial charge is 0.224 e. The highest BCUT2D eigenvalue weighted by molar-refractivity contribution is 7.88. The SMILES string of the molecule is COc1ccc([C@H](C)NC(=O)[C@H]2CCCN(S(=O)(=O)Cc3ccc(Cl)c(Cl)c3)C2)cc1. The van der Waals surface area contributed by atoms with Crippen LogP contribution in [0, 0.1) is 5.92 Å². The fourth-order valence-corrected chi connectivity index (χ4v) is 5.57. The van der Waals surface area contributed by atoms with Crippen molar-refractivity contribution in [2.45, 2.75) is 31.6 Å². The Morgan fingerprint density at radius 1 is 1.19 bits per heavy atom. The average molecular weight is 485 g/mol. The summed E-state index contributed by atoms with van der Waals surface area (Å²) in [6.45, 7) is 2.48. The van der Waals surface area contributed by atoms with Gasteiger partial charge in [-0.05, 0) is 55.2 Å². The first-order chi connectivity index (χ1) is 14.7. The average Bonchev–Trinajstić information content (AvgIpc) is 2.76. The first-order valence-electron chi connectivity index (χ1n) is 10.1. The zero-order valence-corrected chi connectivity index (χ0v) is 19.8. The van der Waals surface area contributed by atoms with Crippen LogP contribution in [0.1, 0.15) is 36.9 Å². The number of nitrogens with one attached hydrogen (secondary N) is 1. The van der Waals surface area contributed by atoms with Crippen molar-refractivity contribution >= 4 is 39.1 Å². The van der Waals surface area contributed by atoms with Crippen molar-refractivity contribution in [1.82, 2.24) is 9.62 Å². The summed E-state index contributed by atoms with van der Waals surface area (Å²) in [5.74, 6) is 0.0358. The number of ether oxygens (including phenoxy) is 1. The molecule has 2 aromatic carbocycles. The third-order valence-electron chi connectivity index (χ3n) is 5.46. The number of amides is 1. The Morgan fingerprint density at radius 2 is 1.90 bits per heavy atom. The van der Waals surface area contributed by atoms with E-state index in [1.54, 1.807) is 25.3 Å². The second-order valence-electron chi connectivity index (χ2n) is 7.71. The highest BCUT2D eigenvalue weighted by atomic mass is 35.5. The third-order valence-corrected chi connectivity index (χ3v) is 8.01. The lowest BCUT2D eigenvalue weighted by molar-refractivity contribution is -0.126. The van der Waals surface area contributed by atoms with Gasteiger partial charge in [0.05, 0.1) is 34.9 Å². The first kappa shape index (κ1) is 23.9. The number of methoxy groups -OCH3 is 1. The molecule has 0 aliphatic carbocycles. The van der Waals surface area contributed by atoms with E-state index in [4.69, 9.17) is 27.9 Å². The summed E-state index contributed by atoms with van der Waals surface area (Å²) in [7, 11) is -1.98. The van der Waals surface area contributed by atoms with Gasteiger partial charge in [-0.25, -0.2) is 12.7 Å². The van der Waals surface area contributed by atoms with Crippen molar-refractivity contribution < 1.29 is 17.9 Å². The summed E-state index contributed by atoms with van der Waals surface area (Å²) in [6, 6.07) is 12.1. The number of hydrogen-bond acceptors (Lipinski definition) is 4. The second-order valence-corrected chi connectivity index (χ2v) is 10.5. The second kappa shape index (κ2) is 10.2. The van der Waals surface area contributed by atoms with Crippen molar-refractivity contribution in [3.8, 4) is 5.75 Å². The van der Waals surface area contributed by atoms with Gasteiger partial charge < -0.3 is 10.1 Å². The molecule has 2 aromatic rings. The van der Waals surface area contributed by atoms with Gasteiger partial charge in [-0.1, -0.05) is 41.4 Å². The summed E-state index contributed by atoms with van der Waals surface area (Å²) in [6.07, 6.45) is 1.29. The summed E-state index contributed by atoms with van der Waals surface area (Å²) in [5.41, 5.74) is 1.52. The molecule has 1 N–H and O–H groups in total. The topological polar surface area (TPSA) is 75.7 Å². The van der Waals surface area contributed by atoms with E-state index < -0.39 is 15.9 Å².